The molecule has 2 nitrogen and oxygen atoms in total. The maximum Gasteiger partial charge on any atom is 0.118 e. The molecule has 0 spiro atoms. The number of benzene rings is 1. The van der Waals surface area contributed by atoms with Crippen molar-refractivity contribution in [3.05, 3.63) is 29.8 Å². The van der Waals surface area contributed by atoms with E-state index < -0.39 is 0 Å². The molecule has 0 heterocycles. The van der Waals surface area contributed by atoms with Crippen molar-refractivity contribution in [2.45, 2.75) is 32.7 Å². The second-order valence-electron chi connectivity index (χ2n) is 5.26. The van der Waals surface area contributed by atoms with Gasteiger partial charge in [0.1, 0.15) is 5.75 Å². The molecule has 1 aromatic rings. The van der Waals surface area contributed by atoms with Gasteiger partial charge in [-0.15, -0.1) is 0 Å². The van der Waals surface area contributed by atoms with Gasteiger partial charge in [0, 0.05) is 6.54 Å². The van der Waals surface area contributed by atoms with Crippen LogP contribution in [0.1, 0.15) is 31.7 Å². The van der Waals surface area contributed by atoms with Gasteiger partial charge in [0.25, 0.3) is 0 Å². The van der Waals surface area contributed by atoms with Crippen molar-refractivity contribution in [1.29, 1.82) is 0 Å². The van der Waals surface area contributed by atoms with E-state index in [9.17, 15) is 0 Å². The number of nitrogens with one attached hydrogen (secondary N) is 1. The van der Waals surface area contributed by atoms with Crippen LogP contribution in [0, 0.1) is 11.8 Å². The van der Waals surface area contributed by atoms with Crippen molar-refractivity contribution in [2.75, 3.05) is 13.7 Å². The average Bonchev–Trinajstić information content (AvgIpc) is 2.76. The fourth-order valence-electron chi connectivity index (χ4n) is 2.67. The van der Waals surface area contributed by atoms with Crippen LogP contribution in [0.2, 0.25) is 0 Å². The summed E-state index contributed by atoms with van der Waals surface area (Å²) in [7, 11) is 1.70. The first-order valence-electron chi connectivity index (χ1n) is 6.61. The van der Waals surface area contributed by atoms with Gasteiger partial charge in [-0.2, -0.15) is 0 Å². The predicted molar refractivity (Wildman–Crippen MR) is 71.2 cm³/mol. The molecule has 1 aliphatic carbocycles. The molecule has 0 aliphatic heterocycles. The summed E-state index contributed by atoms with van der Waals surface area (Å²) in [4.78, 5) is 0. The summed E-state index contributed by atoms with van der Waals surface area (Å²) < 4.78 is 5.15. The van der Waals surface area contributed by atoms with Gasteiger partial charge in [-0.1, -0.05) is 25.5 Å². The fraction of sp³-hybridized carbons (Fsp3) is 0.600. The minimum atomic E-state index is 0.892. The molecule has 0 aromatic heterocycles. The quantitative estimate of drug-likeness (QED) is 0.843. The number of hydrogen-bond donors (Lipinski definition) is 1. The molecule has 1 aliphatic rings. The highest BCUT2D eigenvalue weighted by Gasteiger charge is 2.20. The first-order valence-corrected chi connectivity index (χ1v) is 6.61. The van der Waals surface area contributed by atoms with Gasteiger partial charge in [0.2, 0.25) is 0 Å². The first-order chi connectivity index (χ1) is 8.28. The van der Waals surface area contributed by atoms with E-state index in [1.54, 1.807) is 7.11 Å². The minimum Gasteiger partial charge on any atom is -0.497 e. The number of ether oxygens (including phenoxy) is 1. The molecule has 1 fully saturated rings. The molecule has 2 unspecified atom stereocenters. The van der Waals surface area contributed by atoms with E-state index in [0.717, 1.165) is 30.7 Å². The van der Waals surface area contributed by atoms with E-state index >= 15 is 0 Å². The van der Waals surface area contributed by atoms with E-state index in [1.165, 1.54) is 24.8 Å². The van der Waals surface area contributed by atoms with Gasteiger partial charge >= 0.3 is 0 Å². The Morgan fingerprint density at radius 3 is 2.59 bits per heavy atom. The van der Waals surface area contributed by atoms with Crippen LogP contribution in [0.3, 0.4) is 0 Å². The molecule has 17 heavy (non-hydrogen) atoms. The van der Waals surface area contributed by atoms with Crippen molar-refractivity contribution < 1.29 is 4.74 Å². The topological polar surface area (TPSA) is 21.3 Å². The monoisotopic (exact) mass is 233 g/mol. The van der Waals surface area contributed by atoms with Crippen LogP contribution in [0.25, 0.3) is 0 Å². The Labute approximate surface area is 104 Å². The third-order valence-electron chi connectivity index (χ3n) is 3.72. The summed E-state index contributed by atoms with van der Waals surface area (Å²) in [6.07, 6.45) is 4.21. The molecular weight excluding hydrogens is 210 g/mol. The van der Waals surface area contributed by atoms with Crippen molar-refractivity contribution in [3.63, 3.8) is 0 Å². The maximum atomic E-state index is 5.15. The Balaban J connectivity index is 1.70. The molecule has 0 saturated heterocycles. The van der Waals surface area contributed by atoms with Crippen LogP contribution in [-0.2, 0) is 6.54 Å². The van der Waals surface area contributed by atoms with Gasteiger partial charge in [-0.3, -0.25) is 0 Å². The molecule has 1 aromatic carbocycles. The number of hydrogen-bond acceptors (Lipinski definition) is 2. The smallest absolute Gasteiger partial charge is 0.118 e. The van der Waals surface area contributed by atoms with Gasteiger partial charge in [0.05, 0.1) is 7.11 Å². The Morgan fingerprint density at radius 1 is 1.24 bits per heavy atom. The lowest BCUT2D eigenvalue weighted by Crippen LogP contribution is -2.20. The van der Waals surface area contributed by atoms with E-state index in [0.29, 0.717) is 0 Å². The maximum absolute atomic E-state index is 5.15. The predicted octanol–water partition coefficient (Wildman–Crippen LogP) is 3.22. The SMILES string of the molecule is COc1ccc(CNCC2CCC(C)C2)cc1. The standard InChI is InChI=1S/C15H23NO/c1-12-3-4-14(9-12)11-16-10-13-5-7-15(17-2)8-6-13/h5-8,12,14,16H,3-4,9-11H2,1-2H3. The lowest BCUT2D eigenvalue weighted by atomic mass is 10.1. The van der Waals surface area contributed by atoms with E-state index in [2.05, 4.69) is 24.4 Å². The van der Waals surface area contributed by atoms with Crippen molar-refractivity contribution in [2.24, 2.45) is 11.8 Å². The summed E-state index contributed by atoms with van der Waals surface area (Å²) in [6.45, 7) is 4.49. The third-order valence-corrected chi connectivity index (χ3v) is 3.72. The molecule has 1 saturated carbocycles. The third kappa shape index (κ3) is 3.74. The highest BCUT2D eigenvalue weighted by Crippen LogP contribution is 2.29. The summed E-state index contributed by atoms with van der Waals surface area (Å²) in [6, 6.07) is 8.30. The molecule has 2 heteroatoms. The van der Waals surface area contributed by atoms with Crippen LogP contribution >= 0.6 is 0 Å². The van der Waals surface area contributed by atoms with Crippen LogP contribution < -0.4 is 10.1 Å². The van der Waals surface area contributed by atoms with Gasteiger partial charge in [-0.05, 0) is 48.9 Å². The van der Waals surface area contributed by atoms with Gasteiger partial charge in [-0.25, -0.2) is 0 Å². The van der Waals surface area contributed by atoms with Crippen molar-refractivity contribution in [1.82, 2.24) is 5.32 Å². The summed E-state index contributed by atoms with van der Waals surface area (Å²) >= 11 is 0. The van der Waals surface area contributed by atoms with Crippen LogP contribution in [0.5, 0.6) is 5.75 Å². The Morgan fingerprint density at radius 2 is 2.00 bits per heavy atom. The molecule has 0 bridgehead atoms. The van der Waals surface area contributed by atoms with E-state index in [4.69, 9.17) is 4.74 Å². The molecule has 1 N–H and O–H groups in total. The summed E-state index contributed by atoms with van der Waals surface area (Å²) in [5.74, 6) is 2.75. The largest absolute Gasteiger partial charge is 0.497 e. The molecule has 94 valence electrons. The molecule has 2 rings (SSSR count). The van der Waals surface area contributed by atoms with E-state index in [-0.39, 0.29) is 0 Å². The van der Waals surface area contributed by atoms with Crippen molar-refractivity contribution >= 4 is 0 Å². The van der Waals surface area contributed by atoms with Crippen LogP contribution in [0.4, 0.5) is 0 Å². The molecule has 0 amide bonds. The van der Waals surface area contributed by atoms with Crippen LogP contribution in [0.15, 0.2) is 24.3 Å². The fourth-order valence-corrected chi connectivity index (χ4v) is 2.67. The van der Waals surface area contributed by atoms with Gasteiger partial charge < -0.3 is 10.1 Å². The lowest BCUT2D eigenvalue weighted by Gasteiger charge is -2.11. The average molecular weight is 233 g/mol. The minimum absolute atomic E-state index is 0.892. The highest BCUT2D eigenvalue weighted by molar-refractivity contribution is 5.26. The number of rotatable bonds is 5. The summed E-state index contributed by atoms with van der Waals surface area (Å²) in [5, 5.41) is 3.56. The zero-order valence-electron chi connectivity index (χ0n) is 10.9. The number of methoxy groups -OCH3 is 1. The molecule has 0 radical (unpaired) electrons. The normalized spacial score (nSPS) is 23.9. The zero-order valence-corrected chi connectivity index (χ0v) is 10.9. The first kappa shape index (κ1) is 12.4. The molecular formula is C15H23NO. The second-order valence-corrected chi connectivity index (χ2v) is 5.26. The van der Waals surface area contributed by atoms with Crippen molar-refractivity contribution in [3.8, 4) is 5.75 Å². The van der Waals surface area contributed by atoms with E-state index in [1.807, 2.05) is 12.1 Å². The zero-order chi connectivity index (χ0) is 12.1. The summed E-state index contributed by atoms with van der Waals surface area (Å²) in [5.41, 5.74) is 1.33. The Kier molecular flexibility index (Phi) is 4.43. The second kappa shape index (κ2) is 6.06. The van der Waals surface area contributed by atoms with Crippen LogP contribution in [-0.4, -0.2) is 13.7 Å². The Hall–Kier alpha value is -1.02. The highest BCUT2D eigenvalue weighted by atomic mass is 16.5. The Bertz CT molecular complexity index is 333. The lowest BCUT2D eigenvalue weighted by molar-refractivity contribution is 0.414. The molecule has 2 atom stereocenters. The van der Waals surface area contributed by atoms with Gasteiger partial charge in [0.15, 0.2) is 0 Å².